The standard InChI is InChI=1S/C27H26ClN3O/c1-17-10-11-20(19-8-5-4-6-9-19)21(16-17)25(32)31-15-7-14-27(31,3)26-29-23-13-12-22(28)18(2)24(23)30-26/h4-6,8-13,16H,7,14-15H2,1-3H3,(H,29,30). The molecule has 1 unspecified atom stereocenters. The highest BCUT2D eigenvalue weighted by Crippen LogP contribution is 2.40. The molecule has 1 amide bonds. The topological polar surface area (TPSA) is 49.0 Å². The number of hydrogen-bond donors (Lipinski definition) is 1. The van der Waals surface area contributed by atoms with Crippen LogP contribution in [0.2, 0.25) is 5.02 Å². The fourth-order valence-electron chi connectivity index (χ4n) is 4.83. The lowest BCUT2D eigenvalue weighted by Crippen LogP contribution is -2.43. The molecule has 1 atom stereocenters. The summed E-state index contributed by atoms with van der Waals surface area (Å²) in [4.78, 5) is 24.4. The van der Waals surface area contributed by atoms with E-state index in [1.54, 1.807) is 0 Å². The molecular formula is C27H26ClN3O. The Morgan fingerprint density at radius 2 is 1.88 bits per heavy atom. The summed E-state index contributed by atoms with van der Waals surface area (Å²) >= 11 is 6.32. The van der Waals surface area contributed by atoms with Crippen molar-refractivity contribution in [1.29, 1.82) is 0 Å². The number of benzene rings is 3. The molecule has 1 aliphatic rings. The van der Waals surface area contributed by atoms with Gasteiger partial charge >= 0.3 is 0 Å². The quantitative estimate of drug-likeness (QED) is 0.385. The third-order valence-electron chi connectivity index (χ3n) is 6.73. The predicted molar refractivity (Wildman–Crippen MR) is 130 cm³/mol. The van der Waals surface area contributed by atoms with Gasteiger partial charge in [0.1, 0.15) is 5.82 Å². The van der Waals surface area contributed by atoms with Crippen molar-refractivity contribution in [2.24, 2.45) is 0 Å². The highest BCUT2D eigenvalue weighted by atomic mass is 35.5. The molecule has 1 N–H and O–H groups in total. The number of carbonyl (C=O) groups excluding carboxylic acids is 1. The molecule has 0 spiro atoms. The van der Waals surface area contributed by atoms with Crippen LogP contribution < -0.4 is 0 Å². The zero-order valence-corrected chi connectivity index (χ0v) is 19.3. The minimum Gasteiger partial charge on any atom is -0.340 e. The first-order chi connectivity index (χ1) is 15.4. The average molecular weight is 444 g/mol. The second-order valence-electron chi connectivity index (χ2n) is 8.90. The van der Waals surface area contributed by atoms with Gasteiger partial charge in [-0.2, -0.15) is 0 Å². The summed E-state index contributed by atoms with van der Waals surface area (Å²) in [7, 11) is 0. The first kappa shape index (κ1) is 20.8. The van der Waals surface area contributed by atoms with E-state index < -0.39 is 5.54 Å². The van der Waals surface area contributed by atoms with Gasteiger partial charge in [-0.15, -0.1) is 0 Å². The van der Waals surface area contributed by atoms with Gasteiger partial charge < -0.3 is 9.88 Å². The molecule has 1 aromatic heterocycles. The molecule has 3 aromatic carbocycles. The molecule has 32 heavy (non-hydrogen) atoms. The van der Waals surface area contributed by atoms with E-state index in [1.807, 2.05) is 55.1 Å². The van der Waals surface area contributed by atoms with E-state index in [0.717, 1.165) is 57.5 Å². The Bertz CT molecular complexity index is 1330. The number of halogens is 1. The van der Waals surface area contributed by atoms with Crippen molar-refractivity contribution in [2.75, 3.05) is 6.54 Å². The Morgan fingerprint density at radius 3 is 2.66 bits per heavy atom. The minimum absolute atomic E-state index is 0.0442. The van der Waals surface area contributed by atoms with E-state index in [1.165, 1.54) is 0 Å². The number of hydrogen-bond acceptors (Lipinski definition) is 2. The Morgan fingerprint density at radius 1 is 1.09 bits per heavy atom. The number of fused-ring (bicyclic) bond motifs is 1. The second kappa shape index (κ2) is 7.79. The number of nitrogens with zero attached hydrogens (tertiary/aromatic N) is 2. The maximum Gasteiger partial charge on any atom is 0.255 e. The number of nitrogens with one attached hydrogen (secondary N) is 1. The van der Waals surface area contributed by atoms with Crippen LogP contribution in [0.15, 0.2) is 60.7 Å². The number of carbonyl (C=O) groups is 1. The molecule has 162 valence electrons. The van der Waals surface area contributed by atoms with E-state index in [0.29, 0.717) is 11.6 Å². The number of amides is 1. The van der Waals surface area contributed by atoms with E-state index in [-0.39, 0.29) is 5.91 Å². The summed E-state index contributed by atoms with van der Waals surface area (Å²) in [6.45, 7) is 6.83. The van der Waals surface area contributed by atoms with Gasteiger partial charge in [0, 0.05) is 17.1 Å². The van der Waals surface area contributed by atoms with Crippen molar-refractivity contribution >= 4 is 28.5 Å². The third-order valence-corrected chi connectivity index (χ3v) is 7.14. The number of aromatic amines is 1. The van der Waals surface area contributed by atoms with Crippen LogP contribution in [0.5, 0.6) is 0 Å². The highest BCUT2D eigenvalue weighted by Gasteiger charge is 2.44. The molecule has 5 rings (SSSR count). The summed E-state index contributed by atoms with van der Waals surface area (Å²) in [6.07, 6.45) is 1.79. The van der Waals surface area contributed by atoms with Gasteiger partial charge in [0.05, 0.1) is 16.6 Å². The Kier molecular flexibility index (Phi) is 5.06. The molecule has 4 nitrogen and oxygen atoms in total. The monoisotopic (exact) mass is 443 g/mol. The fourth-order valence-corrected chi connectivity index (χ4v) is 4.98. The summed E-state index contributed by atoms with van der Waals surface area (Å²) in [5.41, 5.74) is 6.08. The highest BCUT2D eigenvalue weighted by molar-refractivity contribution is 6.32. The SMILES string of the molecule is Cc1ccc(-c2ccccc2)c(C(=O)N2CCCC2(C)c2nc3c(C)c(Cl)ccc3[nH]2)c1. The maximum absolute atomic E-state index is 14.0. The van der Waals surface area contributed by atoms with Gasteiger partial charge in [0.15, 0.2) is 0 Å². The summed E-state index contributed by atoms with van der Waals surface area (Å²) in [5, 5.41) is 0.701. The second-order valence-corrected chi connectivity index (χ2v) is 9.31. The van der Waals surface area contributed by atoms with Crippen LogP contribution in [-0.2, 0) is 5.54 Å². The smallest absolute Gasteiger partial charge is 0.255 e. The number of likely N-dealkylation sites (tertiary alicyclic amines) is 1. The van der Waals surface area contributed by atoms with Gasteiger partial charge in [-0.3, -0.25) is 4.79 Å². The van der Waals surface area contributed by atoms with Crippen LogP contribution in [0.4, 0.5) is 0 Å². The number of imidazole rings is 1. The fraction of sp³-hybridized carbons (Fsp3) is 0.259. The van der Waals surface area contributed by atoms with E-state index >= 15 is 0 Å². The molecular weight excluding hydrogens is 418 g/mol. The third kappa shape index (κ3) is 3.30. The number of aromatic nitrogens is 2. The van der Waals surface area contributed by atoms with Gasteiger partial charge in [0.25, 0.3) is 5.91 Å². The van der Waals surface area contributed by atoms with Crippen LogP contribution in [0.1, 0.15) is 47.1 Å². The Labute approximate surface area is 193 Å². The molecule has 0 bridgehead atoms. The van der Waals surface area contributed by atoms with Crippen LogP contribution in [-0.4, -0.2) is 27.3 Å². The lowest BCUT2D eigenvalue weighted by Gasteiger charge is -2.34. The van der Waals surface area contributed by atoms with Crippen molar-refractivity contribution in [1.82, 2.24) is 14.9 Å². The summed E-state index contributed by atoms with van der Waals surface area (Å²) < 4.78 is 0. The van der Waals surface area contributed by atoms with Crippen molar-refractivity contribution in [3.63, 3.8) is 0 Å². The molecule has 2 heterocycles. The Balaban J connectivity index is 1.59. The van der Waals surface area contributed by atoms with Crippen LogP contribution in [0, 0.1) is 13.8 Å². The number of aryl methyl sites for hydroxylation is 2. The van der Waals surface area contributed by atoms with Crippen LogP contribution >= 0.6 is 11.6 Å². The predicted octanol–water partition coefficient (Wildman–Crippen LogP) is 6.65. The number of H-pyrrole nitrogens is 1. The largest absolute Gasteiger partial charge is 0.340 e. The summed E-state index contributed by atoms with van der Waals surface area (Å²) in [6, 6.07) is 20.1. The van der Waals surface area contributed by atoms with E-state index in [9.17, 15) is 4.79 Å². The molecule has 4 aromatic rings. The summed E-state index contributed by atoms with van der Waals surface area (Å²) in [5.74, 6) is 0.861. The van der Waals surface area contributed by atoms with Gasteiger partial charge in [0.2, 0.25) is 0 Å². The first-order valence-corrected chi connectivity index (χ1v) is 11.4. The van der Waals surface area contributed by atoms with Crippen molar-refractivity contribution in [2.45, 2.75) is 39.2 Å². The molecule has 0 aliphatic carbocycles. The number of rotatable bonds is 3. The van der Waals surface area contributed by atoms with Gasteiger partial charge in [-0.1, -0.05) is 59.6 Å². The van der Waals surface area contributed by atoms with E-state index in [2.05, 4.69) is 36.2 Å². The Hall–Kier alpha value is -3.11. The van der Waals surface area contributed by atoms with Gasteiger partial charge in [-0.25, -0.2) is 4.98 Å². The zero-order chi connectivity index (χ0) is 22.5. The minimum atomic E-state index is -0.507. The van der Waals surface area contributed by atoms with Gasteiger partial charge in [-0.05, 0) is 68.5 Å². The van der Waals surface area contributed by atoms with Crippen molar-refractivity contribution < 1.29 is 4.79 Å². The van der Waals surface area contributed by atoms with Crippen LogP contribution in [0.3, 0.4) is 0 Å². The molecule has 1 fully saturated rings. The maximum atomic E-state index is 14.0. The molecule has 0 saturated carbocycles. The van der Waals surface area contributed by atoms with Crippen LogP contribution in [0.25, 0.3) is 22.2 Å². The first-order valence-electron chi connectivity index (χ1n) is 11.0. The lowest BCUT2D eigenvalue weighted by molar-refractivity contribution is 0.0606. The molecule has 1 saturated heterocycles. The van der Waals surface area contributed by atoms with Crippen molar-refractivity contribution in [3.05, 3.63) is 88.2 Å². The average Bonchev–Trinajstić information content (AvgIpc) is 3.42. The zero-order valence-electron chi connectivity index (χ0n) is 18.6. The van der Waals surface area contributed by atoms with Crippen molar-refractivity contribution in [3.8, 4) is 11.1 Å². The lowest BCUT2D eigenvalue weighted by atomic mass is 9.94. The molecule has 5 heteroatoms. The molecule has 1 aliphatic heterocycles. The van der Waals surface area contributed by atoms with E-state index in [4.69, 9.17) is 16.6 Å². The molecule has 0 radical (unpaired) electrons. The normalized spacial score (nSPS) is 18.4.